The summed E-state index contributed by atoms with van der Waals surface area (Å²) < 4.78 is 9.42. The zero-order chi connectivity index (χ0) is 39.3. The molecule has 4 heteroatoms. The summed E-state index contributed by atoms with van der Waals surface area (Å²) in [6.07, 6.45) is 0. The molecule has 60 heavy (non-hydrogen) atoms. The van der Waals surface area contributed by atoms with Gasteiger partial charge in [-0.05, 0) is 98.4 Å². The molecule has 9 aromatic carbocycles. The third-order valence-corrected chi connectivity index (χ3v) is 13.9. The molecule has 3 aliphatic rings. The van der Waals surface area contributed by atoms with Gasteiger partial charge in [0.2, 0.25) is 0 Å². The van der Waals surface area contributed by atoms with E-state index in [1.807, 2.05) is 0 Å². The van der Waals surface area contributed by atoms with E-state index in [0.717, 1.165) is 22.3 Å². The smallest absolute Gasteiger partial charge is 0.333 e. The molecule has 0 atom stereocenters. The van der Waals surface area contributed by atoms with Crippen molar-refractivity contribution < 1.29 is 4.42 Å². The molecule has 2 aromatic heterocycles. The highest BCUT2D eigenvalue weighted by atomic mass is 16.3. The van der Waals surface area contributed by atoms with E-state index in [9.17, 15) is 0 Å². The predicted molar refractivity (Wildman–Crippen MR) is 249 cm³/mol. The predicted octanol–water partition coefficient (Wildman–Crippen LogP) is 12.6. The standard InChI is InChI=1S/C56H35BN2O/c1-34-28-42-41-24-15-26-45-54(41)59(47-27-14-13-25-44(47)56(45,39-20-7-3-8-21-39)40-22-9-4-10-23-40)57-46-33-51-38(32-50(60-51)35-16-5-2-6-17-35)31-49(46)58-48-30-37-19-12-11-18-36(37)29-43(48)52(34)55(58)53(42)57/h2-33H,1H3. The Kier molecular flexibility index (Phi) is 6.24. The van der Waals surface area contributed by atoms with Crippen LogP contribution in [0, 0.1) is 6.92 Å². The molecule has 14 rings (SSSR count). The Morgan fingerprint density at radius 2 is 1.20 bits per heavy atom. The van der Waals surface area contributed by atoms with Crippen molar-refractivity contribution in [1.82, 2.24) is 4.57 Å². The van der Waals surface area contributed by atoms with Gasteiger partial charge in [-0.1, -0.05) is 158 Å². The van der Waals surface area contributed by atoms with Gasteiger partial charge in [0, 0.05) is 44.3 Å². The molecule has 3 aliphatic heterocycles. The van der Waals surface area contributed by atoms with Crippen molar-refractivity contribution in [3.05, 3.63) is 222 Å². The zero-order valence-corrected chi connectivity index (χ0v) is 32.9. The molecule has 0 bridgehead atoms. The maximum Gasteiger partial charge on any atom is 0.333 e. The molecule has 5 heterocycles. The summed E-state index contributed by atoms with van der Waals surface area (Å²) in [5.41, 5.74) is 19.2. The minimum atomic E-state index is -0.556. The molecule has 0 amide bonds. The Labute approximate surface area is 347 Å². The number of para-hydroxylation sites is 2. The van der Waals surface area contributed by atoms with Crippen LogP contribution in [0.15, 0.2) is 199 Å². The van der Waals surface area contributed by atoms with Gasteiger partial charge in [0.1, 0.15) is 11.3 Å². The van der Waals surface area contributed by atoms with Gasteiger partial charge in [-0.15, -0.1) is 0 Å². The lowest BCUT2D eigenvalue weighted by atomic mass is 9.42. The van der Waals surface area contributed by atoms with Crippen LogP contribution in [0.3, 0.4) is 0 Å². The van der Waals surface area contributed by atoms with Crippen molar-refractivity contribution >= 4 is 72.7 Å². The van der Waals surface area contributed by atoms with E-state index in [4.69, 9.17) is 4.42 Å². The summed E-state index contributed by atoms with van der Waals surface area (Å²) in [7, 11) is 0. The fraction of sp³-hybridized carbons (Fsp3) is 0.0357. The van der Waals surface area contributed by atoms with Gasteiger partial charge >= 0.3 is 6.85 Å². The van der Waals surface area contributed by atoms with E-state index in [0.29, 0.717) is 0 Å². The first-order valence-corrected chi connectivity index (χ1v) is 21.0. The number of fused-ring (bicyclic) bond motifs is 12. The molecular weight excluding hydrogens is 727 g/mol. The van der Waals surface area contributed by atoms with E-state index >= 15 is 0 Å². The van der Waals surface area contributed by atoms with Gasteiger partial charge < -0.3 is 13.8 Å². The van der Waals surface area contributed by atoms with Crippen molar-refractivity contribution in [2.45, 2.75) is 12.3 Å². The van der Waals surface area contributed by atoms with Gasteiger partial charge in [0.05, 0.1) is 16.4 Å². The molecule has 0 saturated heterocycles. The third-order valence-electron chi connectivity index (χ3n) is 13.9. The van der Waals surface area contributed by atoms with Crippen LogP contribution in [-0.4, -0.2) is 11.4 Å². The topological polar surface area (TPSA) is 21.3 Å². The highest BCUT2D eigenvalue weighted by Gasteiger charge is 2.53. The second-order valence-electron chi connectivity index (χ2n) is 16.8. The summed E-state index contributed by atoms with van der Waals surface area (Å²) in [4.78, 5) is 2.70. The molecular formula is C56H35BN2O. The van der Waals surface area contributed by atoms with Crippen LogP contribution in [0.1, 0.15) is 27.8 Å². The van der Waals surface area contributed by atoms with E-state index in [1.54, 1.807) is 0 Å². The Bertz CT molecular complexity index is 3580. The fourth-order valence-electron chi connectivity index (χ4n) is 11.6. The van der Waals surface area contributed by atoms with Crippen LogP contribution in [0.2, 0.25) is 0 Å². The molecule has 0 spiro atoms. The van der Waals surface area contributed by atoms with E-state index in [-0.39, 0.29) is 6.85 Å². The third kappa shape index (κ3) is 3.96. The second kappa shape index (κ2) is 11.6. The van der Waals surface area contributed by atoms with E-state index in [2.05, 4.69) is 210 Å². The van der Waals surface area contributed by atoms with Crippen molar-refractivity contribution in [2.24, 2.45) is 0 Å². The number of furan rings is 1. The number of aryl methyl sites for hydroxylation is 1. The second-order valence-corrected chi connectivity index (χ2v) is 16.8. The molecule has 11 aromatic rings. The average molecular weight is 763 g/mol. The molecule has 0 radical (unpaired) electrons. The molecule has 0 N–H and O–H groups in total. The summed E-state index contributed by atoms with van der Waals surface area (Å²) in [5, 5.41) is 6.22. The number of rotatable bonds is 3. The SMILES string of the molecule is Cc1cc2c3c4c1c1cc5ccccc5cc1n4-c1cc4cc(-c5ccccc5)oc4cc1B3N1c3ccccc3C(c3ccccc3)(c3ccccc3)c3cccc-2c31. The highest BCUT2D eigenvalue weighted by Crippen LogP contribution is 2.60. The quantitative estimate of drug-likeness (QED) is 0.167. The number of benzene rings is 9. The van der Waals surface area contributed by atoms with Crippen LogP contribution < -0.4 is 15.7 Å². The molecule has 0 saturated carbocycles. The molecule has 0 unspecified atom stereocenters. The maximum absolute atomic E-state index is 6.83. The number of hydrogen-bond donors (Lipinski definition) is 0. The van der Waals surface area contributed by atoms with Crippen molar-refractivity contribution in [1.29, 1.82) is 0 Å². The van der Waals surface area contributed by atoms with Crippen molar-refractivity contribution in [3.8, 4) is 28.1 Å². The highest BCUT2D eigenvalue weighted by molar-refractivity contribution is 6.94. The first kappa shape index (κ1) is 32.4. The van der Waals surface area contributed by atoms with E-state index < -0.39 is 5.41 Å². The Morgan fingerprint density at radius 1 is 0.533 bits per heavy atom. The van der Waals surface area contributed by atoms with Crippen LogP contribution in [0.5, 0.6) is 0 Å². The summed E-state index contributed by atoms with van der Waals surface area (Å²) in [6.45, 7) is 2.19. The lowest BCUT2D eigenvalue weighted by Gasteiger charge is -2.51. The van der Waals surface area contributed by atoms with Crippen LogP contribution in [-0.2, 0) is 5.41 Å². The number of nitrogens with zero attached hydrogens (tertiary/aromatic N) is 2. The average Bonchev–Trinajstić information content (AvgIpc) is 3.88. The van der Waals surface area contributed by atoms with Gasteiger partial charge in [0.15, 0.2) is 0 Å². The number of hydrogen-bond acceptors (Lipinski definition) is 2. The minimum absolute atomic E-state index is 0.127. The van der Waals surface area contributed by atoms with Crippen LogP contribution >= 0.6 is 0 Å². The van der Waals surface area contributed by atoms with Gasteiger partial charge in [-0.3, -0.25) is 0 Å². The molecule has 0 fully saturated rings. The Morgan fingerprint density at radius 3 is 1.97 bits per heavy atom. The zero-order valence-electron chi connectivity index (χ0n) is 32.9. The van der Waals surface area contributed by atoms with E-state index in [1.165, 1.54) is 99.5 Å². The molecule has 0 aliphatic carbocycles. The first-order chi connectivity index (χ1) is 29.7. The minimum Gasteiger partial charge on any atom is -0.456 e. The number of aromatic nitrogens is 1. The maximum atomic E-state index is 6.83. The summed E-state index contributed by atoms with van der Waals surface area (Å²) in [5.74, 6) is 0.880. The fourth-order valence-corrected chi connectivity index (χ4v) is 11.6. The monoisotopic (exact) mass is 762 g/mol. The van der Waals surface area contributed by atoms with Crippen LogP contribution in [0.4, 0.5) is 11.4 Å². The Hall–Kier alpha value is -7.56. The summed E-state index contributed by atoms with van der Waals surface area (Å²) in [6, 6.07) is 72.1. The Balaban J connectivity index is 1.17. The van der Waals surface area contributed by atoms with Gasteiger partial charge in [0.25, 0.3) is 0 Å². The molecule has 3 nitrogen and oxygen atoms in total. The first-order valence-electron chi connectivity index (χ1n) is 21.0. The largest absolute Gasteiger partial charge is 0.456 e. The molecule has 278 valence electrons. The van der Waals surface area contributed by atoms with Crippen molar-refractivity contribution in [3.63, 3.8) is 0 Å². The number of anilines is 2. The summed E-state index contributed by atoms with van der Waals surface area (Å²) >= 11 is 0. The van der Waals surface area contributed by atoms with Gasteiger partial charge in [-0.25, -0.2) is 0 Å². The van der Waals surface area contributed by atoms with Crippen LogP contribution in [0.25, 0.3) is 71.7 Å². The lowest BCUT2D eigenvalue weighted by Crippen LogP contribution is -2.62. The lowest BCUT2D eigenvalue weighted by molar-refractivity contribution is 0.632. The van der Waals surface area contributed by atoms with Gasteiger partial charge in [-0.2, -0.15) is 0 Å². The normalized spacial score (nSPS) is 14.2. The van der Waals surface area contributed by atoms with Crippen molar-refractivity contribution in [2.75, 3.05) is 4.81 Å².